The number of rotatable bonds is 1. The molecule has 2 rings (SSSR count). The highest BCUT2D eigenvalue weighted by atomic mass is 16.5. The van der Waals surface area contributed by atoms with Crippen LogP contribution in [0, 0.1) is 0 Å². The Morgan fingerprint density at radius 2 is 2.00 bits per heavy atom. The fourth-order valence-corrected chi connectivity index (χ4v) is 2.12. The van der Waals surface area contributed by atoms with Crippen LogP contribution >= 0.6 is 0 Å². The smallest absolute Gasteiger partial charge is 0.0732 e. The SMILES string of the molecule is CNC1CCC2CCC1O2. The Morgan fingerprint density at radius 1 is 1.20 bits per heavy atom. The summed E-state index contributed by atoms with van der Waals surface area (Å²) in [5.41, 5.74) is 0. The maximum atomic E-state index is 5.74. The molecular weight excluding hydrogens is 126 g/mol. The van der Waals surface area contributed by atoms with E-state index in [9.17, 15) is 0 Å². The monoisotopic (exact) mass is 141 g/mol. The summed E-state index contributed by atoms with van der Waals surface area (Å²) in [6.07, 6.45) is 6.28. The molecule has 0 aromatic carbocycles. The van der Waals surface area contributed by atoms with Crippen molar-refractivity contribution in [3.8, 4) is 0 Å². The summed E-state index contributed by atoms with van der Waals surface area (Å²) in [4.78, 5) is 0. The minimum atomic E-state index is 0.531. The average molecular weight is 141 g/mol. The molecule has 0 spiro atoms. The summed E-state index contributed by atoms with van der Waals surface area (Å²) >= 11 is 0. The van der Waals surface area contributed by atoms with Gasteiger partial charge in [-0.3, -0.25) is 0 Å². The second-order valence-electron chi connectivity index (χ2n) is 3.35. The standard InChI is InChI=1S/C8H15NO/c1-9-7-4-2-6-3-5-8(7)10-6/h6-9H,2-5H2,1H3. The molecule has 0 radical (unpaired) electrons. The van der Waals surface area contributed by atoms with Gasteiger partial charge in [-0.1, -0.05) is 0 Å². The van der Waals surface area contributed by atoms with E-state index in [1.54, 1.807) is 0 Å². The van der Waals surface area contributed by atoms with Gasteiger partial charge in [0.25, 0.3) is 0 Å². The van der Waals surface area contributed by atoms with Crippen molar-refractivity contribution in [1.29, 1.82) is 0 Å². The fourth-order valence-electron chi connectivity index (χ4n) is 2.12. The maximum Gasteiger partial charge on any atom is 0.0732 e. The molecule has 1 N–H and O–H groups in total. The zero-order valence-electron chi connectivity index (χ0n) is 6.47. The number of nitrogens with one attached hydrogen (secondary N) is 1. The van der Waals surface area contributed by atoms with E-state index < -0.39 is 0 Å². The van der Waals surface area contributed by atoms with E-state index in [2.05, 4.69) is 5.32 Å². The lowest BCUT2D eigenvalue weighted by Gasteiger charge is -2.28. The second kappa shape index (κ2) is 2.51. The second-order valence-corrected chi connectivity index (χ2v) is 3.35. The zero-order chi connectivity index (χ0) is 6.97. The molecule has 0 amide bonds. The van der Waals surface area contributed by atoms with E-state index in [0.717, 1.165) is 0 Å². The largest absolute Gasteiger partial charge is 0.373 e. The summed E-state index contributed by atoms with van der Waals surface area (Å²) in [5.74, 6) is 0. The van der Waals surface area contributed by atoms with E-state index in [1.807, 2.05) is 7.05 Å². The molecule has 2 fully saturated rings. The minimum absolute atomic E-state index is 0.531. The first kappa shape index (κ1) is 6.62. The first-order chi connectivity index (χ1) is 4.90. The van der Waals surface area contributed by atoms with Gasteiger partial charge < -0.3 is 10.1 Å². The van der Waals surface area contributed by atoms with Crippen LogP contribution in [0.5, 0.6) is 0 Å². The summed E-state index contributed by atoms with van der Waals surface area (Å²) in [5, 5.41) is 3.31. The molecule has 0 aromatic heterocycles. The average Bonchev–Trinajstić information content (AvgIpc) is 2.34. The topological polar surface area (TPSA) is 21.3 Å². The lowest BCUT2D eigenvalue weighted by atomic mass is 10.0. The van der Waals surface area contributed by atoms with Crippen LogP contribution in [-0.2, 0) is 4.74 Å². The van der Waals surface area contributed by atoms with Crippen molar-refractivity contribution in [1.82, 2.24) is 5.32 Å². The van der Waals surface area contributed by atoms with Gasteiger partial charge in [0.1, 0.15) is 0 Å². The molecule has 0 saturated carbocycles. The van der Waals surface area contributed by atoms with Gasteiger partial charge in [0.15, 0.2) is 0 Å². The van der Waals surface area contributed by atoms with Gasteiger partial charge in [0.2, 0.25) is 0 Å². The molecule has 2 aliphatic rings. The lowest BCUT2D eigenvalue weighted by molar-refractivity contribution is -0.0144. The predicted molar refractivity (Wildman–Crippen MR) is 40.0 cm³/mol. The van der Waals surface area contributed by atoms with Crippen molar-refractivity contribution in [2.75, 3.05) is 7.05 Å². The molecular formula is C8H15NO. The Morgan fingerprint density at radius 3 is 2.80 bits per heavy atom. The molecule has 2 nitrogen and oxygen atoms in total. The Kier molecular flexibility index (Phi) is 1.66. The Balaban J connectivity index is 2.00. The number of likely N-dealkylation sites (N-methyl/N-ethyl adjacent to an activating group) is 1. The molecule has 2 saturated heterocycles. The molecule has 0 aliphatic carbocycles. The van der Waals surface area contributed by atoms with Crippen molar-refractivity contribution >= 4 is 0 Å². The fraction of sp³-hybridized carbons (Fsp3) is 1.00. The lowest BCUT2D eigenvalue weighted by Crippen LogP contribution is -2.41. The van der Waals surface area contributed by atoms with Crippen LogP contribution in [-0.4, -0.2) is 25.3 Å². The normalized spacial score (nSPS) is 45.9. The Bertz CT molecular complexity index is 126. The van der Waals surface area contributed by atoms with Crippen molar-refractivity contribution in [3.63, 3.8) is 0 Å². The third-order valence-electron chi connectivity index (χ3n) is 2.76. The van der Waals surface area contributed by atoms with E-state index >= 15 is 0 Å². The van der Waals surface area contributed by atoms with Crippen LogP contribution < -0.4 is 5.32 Å². The van der Waals surface area contributed by atoms with E-state index in [1.165, 1.54) is 25.7 Å². The van der Waals surface area contributed by atoms with Crippen LogP contribution in [0.2, 0.25) is 0 Å². The van der Waals surface area contributed by atoms with Gasteiger partial charge >= 0.3 is 0 Å². The first-order valence-corrected chi connectivity index (χ1v) is 4.23. The predicted octanol–water partition coefficient (Wildman–Crippen LogP) is 0.916. The number of fused-ring (bicyclic) bond motifs is 2. The van der Waals surface area contributed by atoms with Crippen LogP contribution in [0.4, 0.5) is 0 Å². The molecule has 58 valence electrons. The van der Waals surface area contributed by atoms with Gasteiger partial charge in [0, 0.05) is 6.04 Å². The van der Waals surface area contributed by atoms with Gasteiger partial charge in [-0.15, -0.1) is 0 Å². The maximum absolute atomic E-state index is 5.74. The van der Waals surface area contributed by atoms with Crippen molar-refractivity contribution in [3.05, 3.63) is 0 Å². The summed E-state index contributed by atoms with van der Waals surface area (Å²) in [6, 6.07) is 0.638. The Hall–Kier alpha value is -0.0800. The molecule has 2 aliphatic heterocycles. The molecule has 2 heteroatoms. The minimum Gasteiger partial charge on any atom is -0.373 e. The summed E-state index contributed by atoms with van der Waals surface area (Å²) in [7, 11) is 2.03. The molecule has 3 atom stereocenters. The van der Waals surface area contributed by atoms with E-state index in [4.69, 9.17) is 4.74 Å². The first-order valence-electron chi connectivity index (χ1n) is 4.23. The van der Waals surface area contributed by atoms with Crippen molar-refractivity contribution in [2.24, 2.45) is 0 Å². The number of hydrogen-bond donors (Lipinski definition) is 1. The van der Waals surface area contributed by atoms with Crippen LogP contribution in [0.25, 0.3) is 0 Å². The zero-order valence-corrected chi connectivity index (χ0v) is 6.47. The summed E-state index contributed by atoms with van der Waals surface area (Å²) < 4.78 is 5.74. The van der Waals surface area contributed by atoms with Crippen LogP contribution in [0.3, 0.4) is 0 Å². The summed E-state index contributed by atoms with van der Waals surface area (Å²) in [6.45, 7) is 0. The molecule has 2 heterocycles. The van der Waals surface area contributed by atoms with Crippen LogP contribution in [0.15, 0.2) is 0 Å². The third-order valence-corrected chi connectivity index (χ3v) is 2.76. The van der Waals surface area contributed by atoms with Crippen molar-refractivity contribution < 1.29 is 4.74 Å². The highest BCUT2D eigenvalue weighted by molar-refractivity contribution is 4.88. The quantitative estimate of drug-likeness (QED) is 0.586. The van der Waals surface area contributed by atoms with Crippen LogP contribution in [0.1, 0.15) is 25.7 Å². The highest BCUT2D eigenvalue weighted by Crippen LogP contribution is 2.32. The van der Waals surface area contributed by atoms with Gasteiger partial charge in [0.05, 0.1) is 12.2 Å². The molecule has 3 unspecified atom stereocenters. The van der Waals surface area contributed by atoms with E-state index in [-0.39, 0.29) is 0 Å². The highest BCUT2D eigenvalue weighted by Gasteiger charge is 2.35. The van der Waals surface area contributed by atoms with E-state index in [0.29, 0.717) is 18.2 Å². The Labute approximate surface area is 61.9 Å². The van der Waals surface area contributed by atoms with Gasteiger partial charge in [-0.2, -0.15) is 0 Å². The molecule has 2 bridgehead atoms. The number of hydrogen-bond acceptors (Lipinski definition) is 2. The van der Waals surface area contributed by atoms with Gasteiger partial charge in [-0.25, -0.2) is 0 Å². The number of ether oxygens (including phenoxy) is 1. The van der Waals surface area contributed by atoms with Crippen molar-refractivity contribution in [2.45, 2.75) is 43.9 Å². The molecule has 10 heavy (non-hydrogen) atoms. The van der Waals surface area contributed by atoms with Gasteiger partial charge in [-0.05, 0) is 32.7 Å². The third kappa shape index (κ3) is 0.956. The molecule has 0 aromatic rings.